The molecule has 6 heteroatoms. The van der Waals surface area contributed by atoms with Crippen LogP contribution >= 0.6 is 0 Å². The van der Waals surface area contributed by atoms with Gasteiger partial charge < -0.3 is 14.2 Å². The van der Waals surface area contributed by atoms with Gasteiger partial charge in [-0.2, -0.15) is 0 Å². The van der Waals surface area contributed by atoms with Gasteiger partial charge in [0.15, 0.2) is 5.75 Å². The molecular formula is C22H29N3O3. The van der Waals surface area contributed by atoms with E-state index in [1.54, 1.807) is 7.11 Å². The molecule has 2 aliphatic rings. The molecule has 1 fully saturated rings. The second kappa shape index (κ2) is 7.59. The molecule has 2 aromatic heterocycles. The van der Waals surface area contributed by atoms with Crippen molar-refractivity contribution in [1.82, 2.24) is 14.9 Å². The summed E-state index contributed by atoms with van der Waals surface area (Å²) in [7, 11) is 1.67. The Kier molecular flexibility index (Phi) is 5.15. The van der Waals surface area contributed by atoms with Crippen LogP contribution in [-0.4, -0.2) is 48.3 Å². The van der Waals surface area contributed by atoms with Gasteiger partial charge in [-0.25, -0.2) is 9.97 Å². The van der Waals surface area contributed by atoms with Gasteiger partial charge in [0, 0.05) is 24.3 Å². The topological polar surface area (TPSA) is 56.7 Å². The zero-order valence-electron chi connectivity index (χ0n) is 17.2. The molecule has 0 spiro atoms. The van der Waals surface area contributed by atoms with Gasteiger partial charge in [0.1, 0.15) is 13.2 Å². The minimum absolute atomic E-state index is 0.223. The molecule has 0 bridgehead atoms. The number of ether oxygens (including phenoxy) is 3. The van der Waals surface area contributed by atoms with Crippen LogP contribution in [0.5, 0.6) is 17.5 Å². The first-order chi connectivity index (χ1) is 13.5. The van der Waals surface area contributed by atoms with Gasteiger partial charge in [0.2, 0.25) is 5.88 Å². The van der Waals surface area contributed by atoms with E-state index in [2.05, 4.69) is 41.9 Å². The summed E-state index contributed by atoms with van der Waals surface area (Å²) in [5.74, 6) is 2.06. The highest BCUT2D eigenvalue weighted by molar-refractivity contribution is 5.36. The number of rotatable bonds is 5. The lowest BCUT2D eigenvalue weighted by Gasteiger charge is -2.29. The number of hydrogen-bond acceptors (Lipinski definition) is 6. The van der Waals surface area contributed by atoms with Gasteiger partial charge in [-0.05, 0) is 62.4 Å². The number of nitrogens with zero attached hydrogens (tertiary/aromatic N) is 3. The van der Waals surface area contributed by atoms with Gasteiger partial charge in [0.05, 0.1) is 12.8 Å². The van der Waals surface area contributed by atoms with Gasteiger partial charge in [-0.15, -0.1) is 0 Å². The van der Waals surface area contributed by atoms with E-state index in [1.807, 2.05) is 13.0 Å². The molecule has 4 heterocycles. The summed E-state index contributed by atoms with van der Waals surface area (Å²) < 4.78 is 16.6. The second-order valence-electron chi connectivity index (χ2n) is 8.28. The molecule has 2 aliphatic heterocycles. The van der Waals surface area contributed by atoms with Crippen LogP contribution in [0.2, 0.25) is 0 Å². The van der Waals surface area contributed by atoms with E-state index in [1.165, 1.54) is 5.56 Å². The number of aromatic nitrogens is 2. The average Bonchev–Trinajstić information content (AvgIpc) is 3.08. The van der Waals surface area contributed by atoms with Crippen LogP contribution in [0.3, 0.4) is 0 Å². The summed E-state index contributed by atoms with van der Waals surface area (Å²) >= 11 is 0. The van der Waals surface area contributed by atoms with Gasteiger partial charge in [-0.1, -0.05) is 6.92 Å². The Morgan fingerprint density at radius 3 is 2.86 bits per heavy atom. The van der Waals surface area contributed by atoms with Crippen LogP contribution < -0.4 is 14.2 Å². The van der Waals surface area contributed by atoms with Crippen LogP contribution in [0, 0.1) is 12.3 Å². The van der Waals surface area contributed by atoms with Crippen molar-refractivity contribution in [3.63, 3.8) is 0 Å². The molecule has 0 radical (unpaired) electrons. The standard InChI is InChI=1S/C22H29N3O3/c1-15-11-17(12-20(23-15)26-4)13-22(3)7-8-25(14-22)16(2)18-5-6-19-21(24-18)28-10-9-27-19/h5-6,11-12,16H,7-10,13-14H2,1-4H3/t16-,22?/m0/s1. The third-order valence-corrected chi connectivity index (χ3v) is 5.82. The second-order valence-corrected chi connectivity index (χ2v) is 8.28. The molecular weight excluding hydrogens is 354 g/mol. The van der Waals surface area contributed by atoms with Gasteiger partial charge >= 0.3 is 0 Å². The fraction of sp³-hybridized carbons (Fsp3) is 0.545. The minimum atomic E-state index is 0.223. The predicted molar refractivity (Wildman–Crippen MR) is 107 cm³/mol. The smallest absolute Gasteiger partial charge is 0.257 e. The summed E-state index contributed by atoms with van der Waals surface area (Å²) in [6.07, 6.45) is 2.18. The quantitative estimate of drug-likeness (QED) is 0.787. The maximum atomic E-state index is 5.66. The van der Waals surface area contributed by atoms with E-state index >= 15 is 0 Å². The molecule has 150 valence electrons. The first kappa shape index (κ1) is 19.0. The molecule has 6 nitrogen and oxygen atoms in total. The van der Waals surface area contributed by atoms with Gasteiger partial charge in [-0.3, -0.25) is 4.90 Å². The van der Waals surface area contributed by atoms with E-state index in [-0.39, 0.29) is 11.5 Å². The van der Waals surface area contributed by atoms with Crippen LogP contribution in [0.1, 0.15) is 43.3 Å². The van der Waals surface area contributed by atoms with Gasteiger partial charge in [0.25, 0.3) is 5.88 Å². The highest BCUT2D eigenvalue weighted by Crippen LogP contribution is 2.39. The van der Waals surface area contributed by atoms with Crippen LogP contribution in [0.25, 0.3) is 0 Å². The largest absolute Gasteiger partial charge is 0.484 e. The van der Waals surface area contributed by atoms with Crippen molar-refractivity contribution >= 4 is 0 Å². The molecule has 0 aromatic carbocycles. The zero-order valence-corrected chi connectivity index (χ0v) is 17.2. The maximum absolute atomic E-state index is 5.66. The van der Waals surface area contributed by atoms with Crippen molar-refractivity contribution in [1.29, 1.82) is 0 Å². The summed E-state index contributed by atoms with van der Waals surface area (Å²) in [6, 6.07) is 8.51. The van der Waals surface area contributed by atoms with Crippen molar-refractivity contribution in [2.24, 2.45) is 5.41 Å². The Bertz CT molecular complexity index is 857. The highest BCUT2D eigenvalue weighted by atomic mass is 16.6. The number of pyridine rings is 2. The fourth-order valence-corrected chi connectivity index (χ4v) is 4.31. The molecule has 1 saturated heterocycles. The Hall–Kier alpha value is -2.34. The molecule has 4 rings (SSSR count). The highest BCUT2D eigenvalue weighted by Gasteiger charge is 2.36. The molecule has 2 atom stereocenters. The molecule has 2 aromatic rings. The van der Waals surface area contributed by atoms with E-state index in [0.29, 0.717) is 25.0 Å². The number of fused-ring (bicyclic) bond motifs is 1. The lowest BCUT2D eigenvalue weighted by atomic mass is 9.83. The molecule has 0 N–H and O–H groups in total. The average molecular weight is 383 g/mol. The lowest BCUT2D eigenvalue weighted by Crippen LogP contribution is -2.29. The van der Waals surface area contributed by atoms with E-state index in [9.17, 15) is 0 Å². The molecule has 0 saturated carbocycles. The van der Waals surface area contributed by atoms with E-state index < -0.39 is 0 Å². The Labute approximate surface area is 166 Å². The number of hydrogen-bond donors (Lipinski definition) is 0. The SMILES string of the molecule is COc1cc(CC2(C)CCN([C@@H](C)c3ccc4c(n3)OCCO4)C2)cc(C)n1. The van der Waals surface area contributed by atoms with Crippen molar-refractivity contribution in [3.05, 3.63) is 41.2 Å². The number of methoxy groups -OCH3 is 1. The van der Waals surface area contributed by atoms with Crippen molar-refractivity contribution in [3.8, 4) is 17.5 Å². The van der Waals surface area contributed by atoms with Crippen molar-refractivity contribution < 1.29 is 14.2 Å². The van der Waals surface area contributed by atoms with E-state index in [0.717, 1.165) is 43.1 Å². The molecule has 1 unspecified atom stereocenters. The number of aryl methyl sites for hydroxylation is 1. The first-order valence-corrected chi connectivity index (χ1v) is 9.98. The molecule has 28 heavy (non-hydrogen) atoms. The Morgan fingerprint density at radius 2 is 2.04 bits per heavy atom. The molecule has 0 amide bonds. The summed E-state index contributed by atoms with van der Waals surface area (Å²) in [5.41, 5.74) is 3.55. The fourth-order valence-electron chi connectivity index (χ4n) is 4.31. The Morgan fingerprint density at radius 1 is 1.21 bits per heavy atom. The van der Waals surface area contributed by atoms with Crippen LogP contribution in [0.4, 0.5) is 0 Å². The van der Waals surface area contributed by atoms with Crippen molar-refractivity contribution in [2.75, 3.05) is 33.4 Å². The van der Waals surface area contributed by atoms with Crippen LogP contribution in [0.15, 0.2) is 24.3 Å². The lowest BCUT2D eigenvalue weighted by molar-refractivity contribution is 0.161. The third kappa shape index (κ3) is 3.92. The Balaban J connectivity index is 1.46. The summed E-state index contributed by atoms with van der Waals surface area (Å²) in [6.45, 7) is 9.87. The normalized spacial score (nSPS) is 22.9. The maximum Gasteiger partial charge on any atom is 0.257 e. The monoisotopic (exact) mass is 383 g/mol. The molecule has 0 aliphatic carbocycles. The summed E-state index contributed by atoms with van der Waals surface area (Å²) in [5, 5.41) is 0. The van der Waals surface area contributed by atoms with Crippen molar-refractivity contribution in [2.45, 2.75) is 39.7 Å². The third-order valence-electron chi connectivity index (χ3n) is 5.82. The predicted octanol–water partition coefficient (Wildman–Crippen LogP) is 3.58. The summed E-state index contributed by atoms with van der Waals surface area (Å²) in [4.78, 5) is 11.6. The minimum Gasteiger partial charge on any atom is -0.484 e. The number of likely N-dealkylation sites (tertiary alicyclic amines) is 1. The van der Waals surface area contributed by atoms with Crippen LogP contribution in [-0.2, 0) is 6.42 Å². The first-order valence-electron chi connectivity index (χ1n) is 9.98. The zero-order chi connectivity index (χ0) is 19.7. The van der Waals surface area contributed by atoms with E-state index in [4.69, 9.17) is 19.2 Å².